The molecule has 3 aromatic heterocycles. The van der Waals surface area contributed by atoms with Crippen LogP contribution in [0.4, 0.5) is 0 Å². The molecule has 5 rings (SSSR count). The number of fused-ring (bicyclic) bond motifs is 2. The molecule has 1 amide bonds. The molecule has 0 saturated carbocycles. The van der Waals surface area contributed by atoms with Gasteiger partial charge in [-0.2, -0.15) is 14.9 Å². The molecule has 1 fully saturated rings. The molecule has 3 N–H and O–H groups in total. The van der Waals surface area contributed by atoms with Crippen molar-refractivity contribution in [3.63, 3.8) is 0 Å². The first-order chi connectivity index (χ1) is 13.7. The number of piperidine rings is 1. The fourth-order valence-corrected chi connectivity index (χ4v) is 4.15. The average Bonchev–Trinajstić information content (AvgIpc) is 3.49. The number of nitrogens with one attached hydrogen (secondary N) is 2. The zero-order chi connectivity index (χ0) is 19.6. The molecule has 1 spiro atoms. The first kappa shape index (κ1) is 17.8. The van der Waals surface area contributed by atoms with Crippen LogP contribution in [-0.2, 0) is 16.6 Å². The first-order valence-electron chi connectivity index (χ1n) is 8.85. The van der Waals surface area contributed by atoms with Crippen LogP contribution in [0, 0.1) is 0 Å². The highest BCUT2D eigenvalue weighted by molar-refractivity contribution is 5.92. The average molecular weight is 385 g/mol. The second-order valence-electron chi connectivity index (χ2n) is 6.88. The number of aromatic nitrogens is 8. The molecule has 4 heterocycles. The number of carbonyl (C=O) groups is 2. The molecule has 0 aromatic carbocycles. The smallest absolute Gasteiger partial charge is 0.290 e. The summed E-state index contributed by atoms with van der Waals surface area (Å²) < 4.78 is 1.42. The van der Waals surface area contributed by atoms with Gasteiger partial charge in [-0.3, -0.25) is 19.8 Å². The summed E-state index contributed by atoms with van der Waals surface area (Å²) in [5, 5.41) is 32.1. The van der Waals surface area contributed by atoms with Crippen molar-refractivity contribution in [2.75, 3.05) is 13.1 Å². The third-order valence-corrected chi connectivity index (χ3v) is 5.36. The van der Waals surface area contributed by atoms with Gasteiger partial charge in [-0.15, -0.1) is 5.10 Å². The number of tetrazole rings is 1. The van der Waals surface area contributed by atoms with Gasteiger partial charge in [-0.1, -0.05) is 0 Å². The summed E-state index contributed by atoms with van der Waals surface area (Å²) in [6.07, 6.45) is 7.53. The van der Waals surface area contributed by atoms with Crippen molar-refractivity contribution in [2.45, 2.75) is 31.1 Å². The van der Waals surface area contributed by atoms with Gasteiger partial charge >= 0.3 is 0 Å². The van der Waals surface area contributed by atoms with Crippen LogP contribution < -0.4 is 0 Å². The molecular weight excluding hydrogens is 366 g/mol. The predicted octanol–water partition coefficient (Wildman–Crippen LogP) is -0.0705. The number of amides is 1. The number of aromatic amines is 2. The maximum Gasteiger partial charge on any atom is 0.290 e. The van der Waals surface area contributed by atoms with Crippen molar-refractivity contribution in [2.24, 2.45) is 0 Å². The lowest BCUT2D eigenvalue weighted by atomic mass is 9.77. The van der Waals surface area contributed by atoms with Gasteiger partial charge in [0.25, 0.3) is 12.4 Å². The van der Waals surface area contributed by atoms with E-state index in [9.17, 15) is 4.79 Å². The van der Waals surface area contributed by atoms with Gasteiger partial charge in [0.15, 0.2) is 5.82 Å². The highest BCUT2D eigenvalue weighted by Crippen LogP contribution is 2.43. The van der Waals surface area contributed by atoms with Crippen LogP contribution >= 0.6 is 0 Å². The monoisotopic (exact) mass is 385 g/mol. The predicted molar refractivity (Wildman–Crippen MR) is 93.7 cm³/mol. The van der Waals surface area contributed by atoms with E-state index < -0.39 is 0 Å². The van der Waals surface area contributed by atoms with E-state index in [4.69, 9.17) is 9.90 Å². The largest absolute Gasteiger partial charge is 0.483 e. The molecule has 146 valence electrons. The van der Waals surface area contributed by atoms with E-state index >= 15 is 0 Å². The van der Waals surface area contributed by atoms with E-state index in [-0.39, 0.29) is 17.8 Å². The zero-order valence-electron chi connectivity index (χ0n) is 14.9. The summed E-state index contributed by atoms with van der Waals surface area (Å²) in [6, 6.07) is 1.68. The van der Waals surface area contributed by atoms with Crippen molar-refractivity contribution in [1.29, 1.82) is 0 Å². The lowest BCUT2D eigenvalue weighted by Crippen LogP contribution is -2.48. The number of aryl methyl sites for hydroxylation is 1. The number of nitrogens with zero attached hydrogens (tertiary/aromatic N) is 7. The number of hydrogen-bond acceptors (Lipinski definition) is 7. The van der Waals surface area contributed by atoms with Crippen molar-refractivity contribution in [3.8, 4) is 5.82 Å². The molecule has 3 aromatic rings. The van der Waals surface area contributed by atoms with Crippen molar-refractivity contribution >= 4 is 12.4 Å². The molecular formula is C16H19N9O3. The van der Waals surface area contributed by atoms with E-state index in [2.05, 4.69) is 35.9 Å². The number of H-pyrrole nitrogens is 2. The third-order valence-electron chi connectivity index (χ3n) is 5.36. The second-order valence-corrected chi connectivity index (χ2v) is 6.88. The maximum atomic E-state index is 12.9. The minimum atomic E-state index is -0.250. The Balaban J connectivity index is 0.000000604. The number of rotatable bonds is 2. The lowest BCUT2D eigenvalue weighted by molar-refractivity contribution is -0.122. The summed E-state index contributed by atoms with van der Waals surface area (Å²) in [5.74, 6) is 0.454. The molecule has 2 aliphatic rings. The second kappa shape index (κ2) is 7.21. The summed E-state index contributed by atoms with van der Waals surface area (Å²) in [4.78, 5) is 23.2. The summed E-state index contributed by atoms with van der Waals surface area (Å²) in [7, 11) is 0. The zero-order valence-corrected chi connectivity index (χ0v) is 14.9. The standard InChI is InChI=1S/C15H17N9O.CH2O2/c25-14(11-6-12(19-18-11)24-9-17-21-22-24)23-5-1-3-15(8-23)4-2-10-7-16-20-13(10)15;2-1-3/h6-7,9H,1-5,8H2,(H,16,20)(H,18,19);1H,(H,2,3). The Morgan fingerprint density at radius 2 is 2.18 bits per heavy atom. The van der Waals surface area contributed by atoms with Crippen LogP contribution in [0.1, 0.15) is 41.0 Å². The van der Waals surface area contributed by atoms with Crippen LogP contribution in [0.25, 0.3) is 5.82 Å². The van der Waals surface area contributed by atoms with E-state index in [1.807, 2.05) is 11.1 Å². The van der Waals surface area contributed by atoms with Gasteiger partial charge in [-0.25, -0.2) is 0 Å². The van der Waals surface area contributed by atoms with Gasteiger partial charge in [0.05, 0.1) is 6.20 Å². The fourth-order valence-electron chi connectivity index (χ4n) is 4.15. The highest BCUT2D eigenvalue weighted by Gasteiger charge is 2.44. The van der Waals surface area contributed by atoms with Crippen LogP contribution in [-0.4, -0.2) is 76.1 Å². The summed E-state index contributed by atoms with van der Waals surface area (Å²) >= 11 is 0. The maximum absolute atomic E-state index is 12.9. The number of likely N-dealkylation sites (tertiary alicyclic amines) is 1. The van der Waals surface area contributed by atoms with Crippen LogP contribution in [0.2, 0.25) is 0 Å². The highest BCUT2D eigenvalue weighted by atomic mass is 16.3. The Kier molecular flexibility index (Phi) is 4.59. The van der Waals surface area contributed by atoms with Gasteiger partial charge in [-0.05, 0) is 41.7 Å². The van der Waals surface area contributed by atoms with Crippen LogP contribution in [0.5, 0.6) is 0 Å². The Morgan fingerprint density at radius 3 is 2.96 bits per heavy atom. The molecule has 1 aliphatic carbocycles. The van der Waals surface area contributed by atoms with E-state index in [0.29, 0.717) is 18.1 Å². The van der Waals surface area contributed by atoms with Gasteiger partial charge < -0.3 is 10.0 Å². The van der Waals surface area contributed by atoms with Crippen LogP contribution in [0.3, 0.4) is 0 Å². The van der Waals surface area contributed by atoms with Crippen molar-refractivity contribution in [3.05, 3.63) is 35.5 Å². The Labute approximate surface area is 158 Å². The first-order valence-corrected chi connectivity index (χ1v) is 8.85. The molecule has 1 aliphatic heterocycles. The molecule has 12 heteroatoms. The summed E-state index contributed by atoms with van der Waals surface area (Å²) in [5.41, 5.74) is 2.96. The lowest BCUT2D eigenvalue weighted by Gasteiger charge is -2.40. The van der Waals surface area contributed by atoms with Crippen molar-refractivity contribution < 1.29 is 14.7 Å². The third kappa shape index (κ3) is 3.02. The summed E-state index contributed by atoms with van der Waals surface area (Å²) in [6.45, 7) is 1.21. The molecule has 0 bridgehead atoms. The number of carbonyl (C=O) groups excluding carboxylic acids is 1. The Bertz CT molecular complexity index is 964. The van der Waals surface area contributed by atoms with Crippen molar-refractivity contribution in [1.82, 2.24) is 45.5 Å². The fraction of sp³-hybridized carbons (Fsp3) is 0.438. The SMILES string of the molecule is O=C(c1cc(-n2cnnn2)n[nH]1)N1CCCC2(CCc3cn[nH]c32)C1.O=CO. The molecule has 1 unspecified atom stereocenters. The quantitative estimate of drug-likeness (QED) is 0.517. The molecule has 1 saturated heterocycles. The van der Waals surface area contributed by atoms with E-state index in [1.54, 1.807) is 6.07 Å². The normalized spacial score (nSPS) is 20.5. The molecule has 28 heavy (non-hydrogen) atoms. The van der Waals surface area contributed by atoms with Gasteiger partial charge in [0.2, 0.25) is 0 Å². The minimum Gasteiger partial charge on any atom is -0.483 e. The number of carboxylic acid groups (broad SMARTS) is 1. The topological polar surface area (TPSA) is 159 Å². The van der Waals surface area contributed by atoms with Gasteiger partial charge in [0.1, 0.15) is 12.0 Å². The Morgan fingerprint density at radius 1 is 1.32 bits per heavy atom. The van der Waals surface area contributed by atoms with Gasteiger partial charge in [0, 0.05) is 30.3 Å². The Hall–Kier alpha value is -3.57. The minimum absolute atomic E-state index is 0.0123. The molecule has 12 nitrogen and oxygen atoms in total. The van der Waals surface area contributed by atoms with E-state index in [0.717, 1.165) is 32.2 Å². The van der Waals surface area contributed by atoms with Crippen LogP contribution in [0.15, 0.2) is 18.6 Å². The van der Waals surface area contributed by atoms with E-state index in [1.165, 1.54) is 22.3 Å². The molecule has 1 atom stereocenters. The number of hydrogen-bond donors (Lipinski definition) is 3. The molecule has 0 radical (unpaired) electrons.